The van der Waals surface area contributed by atoms with Crippen molar-refractivity contribution in [2.24, 2.45) is 5.92 Å². The first-order valence-electron chi connectivity index (χ1n) is 13.9. The van der Waals surface area contributed by atoms with Gasteiger partial charge in [-0.3, -0.25) is 9.59 Å². The molecule has 0 bridgehead atoms. The van der Waals surface area contributed by atoms with Gasteiger partial charge in [0.1, 0.15) is 6.10 Å². The third-order valence-corrected chi connectivity index (χ3v) is 10.5. The number of rotatable bonds is 8. The molecule has 0 spiro atoms. The molecule has 43 heavy (non-hydrogen) atoms. The lowest BCUT2D eigenvalue weighted by atomic mass is 9.99. The number of sulfonamides is 1. The van der Waals surface area contributed by atoms with E-state index in [1.165, 1.54) is 22.7 Å². The lowest BCUT2D eigenvalue weighted by Crippen LogP contribution is -2.50. The number of nitrogens with one attached hydrogen (secondary N) is 1. The molecule has 1 aromatic heterocycles. The van der Waals surface area contributed by atoms with Gasteiger partial charge in [0.15, 0.2) is 10.8 Å². The highest BCUT2D eigenvalue weighted by Gasteiger charge is 2.36. The summed E-state index contributed by atoms with van der Waals surface area (Å²) in [5, 5.41) is 13.1. The first-order valence-corrected chi connectivity index (χ1v) is 16.2. The van der Waals surface area contributed by atoms with Gasteiger partial charge in [0.05, 0.1) is 45.6 Å². The second-order valence-electron chi connectivity index (χ2n) is 10.8. The van der Waals surface area contributed by atoms with Gasteiger partial charge in [0.25, 0.3) is 11.8 Å². The summed E-state index contributed by atoms with van der Waals surface area (Å²) in [4.78, 5) is 33.2. The number of fused-ring (bicyclic) bond motifs is 2. The summed E-state index contributed by atoms with van der Waals surface area (Å²) in [6.07, 6.45) is -0.703. The Morgan fingerprint density at radius 3 is 2.58 bits per heavy atom. The Morgan fingerprint density at radius 2 is 1.88 bits per heavy atom. The quantitative estimate of drug-likeness (QED) is 0.298. The lowest BCUT2D eigenvalue weighted by molar-refractivity contribution is 0.0388. The molecule has 0 saturated heterocycles. The second-order valence-corrected chi connectivity index (χ2v) is 13.9. The topological polar surface area (TPSA) is 129 Å². The number of hydrogen-bond acceptors (Lipinski definition) is 8. The van der Waals surface area contributed by atoms with Gasteiger partial charge in [-0.15, -0.1) is 11.3 Å². The fraction of sp³-hybridized carbons (Fsp3) is 0.323. The van der Waals surface area contributed by atoms with Gasteiger partial charge >= 0.3 is 0 Å². The molecular formula is C31H34N4O6S2. The van der Waals surface area contributed by atoms with E-state index < -0.39 is 28.1 Å². The Morgan fingerprint density at radius 1 is 1.16 bits per heavy atom. The molecule has 226 valence electrons. The molecule has 3 atom stereocenters. The lowest BCUT2D eigenvalue weighted by Gasteiger charge is -2.38. The molecule has 0 radical (unpaired) electrons. The number of ether oxygens (including phenoxy) is 1. The van der Waals surface area contributed by atoms with Crippen LogP contribution in [-0.4, -0.2) is 78.4 Å². The van der Waals surface area contributed by atoms with Crippen molar-refractivity contribution in [2.75, 3.05) is 32.1 Å². The van der Waals surface area contributed by atoms with Crippen LogP contribution in [-0.2, 0) is 10.0 Å². The molecule has 4 aromatic rings. The van der Waals surface area contributed by atoms with Crippen molar-refractivity contribution in [1.82, 2.24) is 14.2 Å². The molecule has 0 unspecified atom stereocenters. The smallest absolute Gasteiger partial charge is 0.284 e. The third kappa shape index (κ3) is 6.28. The van der Waals surface area contributed by atoms with Crippen LogP contribution in [0.2, 0.25) is 0 Å². The molecule has 0 aliphatic carbocycles. The van der Waals surface area contributed by atoms with Crippen molar-refractivity contribution in [3.8, 4) is 5.75 Å². The molecule has 5 rings (SSSR count). The number of anilines is 1. The standard InChI is InChI=1S/C31H34N4O6S2/c1-19-12-14-22(15-13-19)43(39,40)34(4)17-26-20(2)16-35(21(3)18-36)31(38)23-8-7-10-25(28(23)41-26)32-29(37)30-33-24-9-5-6-11-27(24)42-30/h5-15,20-21,26,36H,16-18H2,1-4H3,(H,32,37)/t20-,21+,26+/m0/s1. The number of nitrogens with zero attached hydrogens (tertiary/aromatic N) is 3. The van der Waals surface area contributed by atoms with Gasteiger partial charge in [0.2, 0.25) is 10.0 Å². The van der Waals surface area contributed by atoms with Crippen LogP contribution in [0.3, 0.4) is 0 Å². The van der Waals surface area contributed by atoms with E-state index in [0.29, 0.717) is 5.52 Å². The number of amides is 2. The van der Waals surface area contributed by atoms with Gasteiger partial charge < -0.3 is 20.1 Å². The normalized spacial score (nSPS) is 18.1. The zero-order valence-corrected chi connectivity index (χ0v) is 26.0. The summed E-state index contributed by atoms with van der Waals surface area (Å²) >= 11 is 1.25. The summed E-state index contributed by atoms with van der Waals surface area (Å²) in [7, 11) is -2.35. The van der Waals surface area contributed by atoms with Crippen molar-refractivity contribution in [3.63, 3.8) is 0 Å². The fourth-order valence-corrected chi connectivity index (χ4v) is 6.99. The molecule has 2 amide bonds. The number of likely N-dealkylation sites (N-methyl/N-ethyl adjacent to an activating group) is 1. The highest BCUT2D eigenvalue weighted by Crippen LogP contribution is 2.36. The van der Waals surface area contributed by atoms with E-state index in [1.807, 2.05) is 38.1 Å². The monoisotopic (exact) mass is 622 g/mol. The average Bonchev–Trinajstić information content (AvgIpc) is 3.44. The van der Waals surface area contributed by atoms with Gasteiger partial charge in [-0.25, -0.2) is 13.4 Å². The number of aliphatic hydroxyl groups excluding tert-OH is 1. The minimum atomic E-state index is -3.84. The van der Waals surface area contributed by atoms with E-state index >= 15 is 0 Å². The van der Waals surface area contributed by atoms with E-state index in [4.69, 9.17) is 4.74 Å². The number of aromatic nitrogens is 1. The maximum atomic E-state index is 13.8. The zero-order valence-electron chi connectivity index (χ0n) is 24.4. The Kier molecular flexibility index (Phi) is 8.84. The fourth-order valence-electron chi connectivity index (χ4n) is 4.95. The minimum absolute atomic E-state index is 0.0213. The van der Waals surface area contributed by atoms with Crippen molar-refractivity contribution in [2.45, 2.75) is 37.8 Å². The maximum Gasteiger partial charge on any atom is 0.284 e. The maximum absolute atomic E-state index is 13.8. The number of aryl methyl sites for hydroxylation is 1. The van der Waals surface area contributed by atoms with Gasteiger partial charge in [-0.1, -0.05) is 42.8 Å². The number of carbonyl (C=O) groups is 2. The number of benzene rings is 3. The summed E-state index contributed by atoms with van der Waals surface area (Å²) in [5.41, 5.74) is 2.10. The van der Waals surface area contributed by atoms with E-state index in [2.05, 4.69) is 10.3 Å². The van der Waals surface area contributed by atoms with Crippen molar-refractivity contribution in [3.05, 3.63) is 82.9 Å². The third-order valence-electron chi connectivity index (χ3n) is 7.59. The number of carbonyl (C=O) groups excluding carboxylic acids is 2. The Bertz CT molecular complexity index is 1720. The second kappa shape index (κ2) is 12.4. The van der Waals surface area contributed by atoms with Crippen LogP contribution in [0.4, 0.5) is 5.69 Å². The van der Waals surface area contributed by atoms with Crippen molar-refractivity contribution in [1.29, 1.82) is 0 Å². The van der Waals surface area contributed by atoms with Crippen LogP contribution in [0, 0.1) is 12.8 Å². The first-order chi connectivity index (χ1) is 20.5. The molecular weight excluding hydrogens is 588 g/mol. The van der Waals surface area contributed by atoms with Gasteiger partial charge in [0, 0.05) is 19.5 Å². The van der Waals surface area contributed by atoms with Crippen LogP contribution in [0.15, 0.2) is 71.6 Å². The van der Waals surface area contributed by atoms with Gasteiger partial charge in [-0.2, -0.15) is 4.31 Å². The minimum Gasteiger partial charge on any atom is -0.486 e. The molecule has 0 saturated carbocycles. The highest BCUT2D eigenvalue weighted by atomic mass is 32.2. The van der Waals surface area contributed by atoms with Gasteiger partial charge in [-0.05, 0) is 50.2 Å². The summed E-state index contributed by atoms with van der Waals surface area (Å²) < 4.78 is 35.5. The first kappa shape index (κ1) is 30.6. The Balaban J connectivity index is 1.51. The molecule has 12 heteroatoms. The van der Waals surface area contributed by atoms with E-state index in [1.54, 1.807) is 54.3 Å². The SMILES string of the molecule is Cc1ccc(S(=O)(=O)N(C)C[C@H]2Oc3c(NC(=O)c4nc5ccccc5s4)cccc3C(=O)N([C@H](C)CO)C[C@@H]2C)cc1. The molecule has 1 aliphatic heterocycles. The molecule has 2 N–H and O–H groups in total. The van der Waals surface area contributed by atoms with Crippen molar-refractivity contribution >= 4 is 49.1 Å². The van der Waals surface area contributed by atoms with Crippen LogP contribution < -0.4 is 10.1 Å². The van der Waals surface area contributed by atoms with E-state index in [9.17, 15) is 23.1 Å². The number of thiazole rings is 1. The Labute approximate surface area is 255 Å². The Hall–Kier alpha value is -3.84. The molecule has 2 heterocycles. The predicted octanol–water partition coefficient (Wildman–Crippen LogP) is 4.40. The van der Waals surface area contributed by atoms with E-state index in [0.717, 1.165) is 10.3 Å². The number of aliphatic hydroxyl groups is 1. The van der Waals surface area contributed by atoms with Crippen LogP contribution in [0.5, 0.6) is 5.75 Å². The predicted molar refractivity (Wildman–Crippen MR) is 166 cm³/mol. The average molecular weight is 623 g/mol. The molecule has 1 aliphatic rings. The molecule has 10 nitrogen and oxygen atoms in total. The summed E-state index contributed by atoms with van der Waals surface area (Å²) in [6.45, 7) is 5.45. The number of para-hydroxylation sites is 2. The summed E-state index contributed by atoms with van der Waals surface area (Å²) in [6, 6.07) is 18.4. The van der Waals surface area contributed by atoms with Crippen LogP contribution in [0.1, 0.15) is 39.6 Å². The summed E-state index contributed by atoms with van der Waals surface area (Å²) in [5.74, 6) is -1.03. The zero-order chi connectivity index (χ0) is 30.9. The highest BCUT2D eigenvalue weighted by molar-refractivity contribution is 7.89. The van der Waals surface area contributed by atoms with Crippen molar-refractivity contribution < 1.29 is 27.9 Å². The van der Waals surface area contributed by atoms with E-state index in [-0.39, 0.29) is 58.4 Å². The largest absolute Gasteiger partial charge is 0.486 e. The molecule has 3 aromatic carbocycles. The van der Waals surface area contributed by atoms with Crippen LogP contribution >= 0.6 is 11.3 Å². The number of hydrogen-bond donors (Lipinski definition) is 2. The van der Waals surface area contributed by atoms with Crippen LogP contribution in [0.25, 0.3) is 10.2 Å². The molecule has 0 fully saturated rings.